The first-order valence-corrected chi connectivity index (χ1v) is 31.2. The Morgan fingerprint density at radius 1 is 0.357 bits per heavy atom. The van der Waals surface area contributed by atoms with Gasteiger partial charge in [0.2, 0.25) is 0 Å². The Kier molecular flexibility index (Phi) is 13.6. The van der Waals surface area contributed by atoms with Crippen LogP contribution in [0.3, 0.4) is 0 Å². The van der Waals surface area contributed by atoms with Gasteiger partial charge in [0.15, 0.2) is 0 Å². The summed E-state index contributed by atoms with van der Waals surface area (Å²) < 4.78 is 9.93. The van der Waals surface area contributed by atoms with Gasteiger partial charge in [-0.15, -0.1) is 11.3 Å². The second kappa shape index (κ2) is 20.1. The Bertz CT molecular complexity index is 4030. The van der Waals surface area contributed by atoms with Crippen molar-refractivity contribution in [2.75, 3.05) is 14.7 Å². The molecule has 0 spiro atoms. The van der Waals surface area contributed by atoms with Crippen LogP contribution in [0.25, 0.3) is 20.2 Å². The lowest BCUT2D eigenvalue weighted by Gasteiger charge is -2.42. The van der Waals surface area contributed by atoms with E-state index in [-0.39, 0.29) is 39.2 Å². The molecular formula is C78H84BN3OS. The number of fused-ring (bicyclic) bond motifs is 7. The maximum atomic E-state index is 7.46. The number of anilines is 9. The molecular weight excluding hydrogens is 1040 g/mol. The zero-order valence-electron chi connectivity index (χ0n) is 53.1. The van der Waals surface area contributed by atoms with Crippen LogP contribution in [0.5, 0.6) is 11.5 Å². The van der Waals surface area contributed by atoms with E-state index in [2.05, 4.69) is 321 Å². The molecule has 6 heteroatoms. The highest BCUT2D eigenvalue weighted by Crippen LogP contribution is 2.54. The number of nitrogens with zero attached hydrogens (tertiary/aromatic N) is 3. The molecule has 0 amide bonds. The second-order valence-corrected chi connectivity index (χ2v) is 31.1. The van der Waals surface area contributed by atoms with Gasteiger partial charge in [-0.05, 0) is 167 Å². The van der Waals surface area contributed by atoms with Gasteiger partial charge in [0.1, 0.15) is 11.5 Å². The Morgan fingerprint density at radius 3 is 1.25 bits per heavy atom. The van der Waals surface area contributed by atoms with Crippen molar-refractivity contribution in [2.24, 2.45) is 0 Å². The van der Waals surface area contributed by atoms with E-state index in [1.807, 2.05) is 11.3 Å². The first kappa shape index (κ1) is 56.9. The molecule has 3 heterocycles. The number of thiophene rings is 1. The van der Waals surface area contributed by atoms with Crippen molar-refractivity contribution < 1.29 is 4.74 Å². The van der Waals surface area contributed by atoms with Crippen LogP contribution >= 0.6 is 11.3 Å². The quantitative estimate of drug-likeness (QED) is 0.148. The molecule has 426 valence electrons. The molecule has 12 rings (SSSR count). The minimum atomic E-state index is -0.103. The molecule has 0 saturated carbocycles. The number of benzene rings is 9. The Labute approximate surface area is 506 Å². The van der Waals surface area contributed by atoms with Crippen LogP contribution in [-0.2, 0) is 32.5 Å². The lowest BCUT2D eigenvalue weighted by atomic mass is 9.33. The summed E-state index contributed by atoms with van der Waals surface area (Å²) in [5.41, 5.74) is 21.3. The summed E-state index contributed by atoms with van der Waals surface area (Å²) >= 11 is 1.89. The third-order valence-electron chi connectivity index (χ3n) is 17.7. The van der Waals surface area contributed by atoms with E-state index in [9.17, 15) is 0 Å². The molecule has 10 aromatic rings. The Hall–Kier alpha value is -7.54. The summed E-state index contributed by atoms with van der Waals surface area (Å²) in [6.07, 6.45) is 0. The summed E-state index contributed by atoms with van der Waals surface area (Å²) in [6, 6.07) is 69.9. The smallest absolute Gasteiger partial charge is 0.256 e. The fourth-order valence-corrected chi connectivity index (χ4v) is 13.8. The number of rotatable bonds is 7. The number of ether oxygens (including phenoxy) is 1. The molecule has 0 unspecified atom stereocenters. The monoisotopic (exact) mass is 1120 g/mol. The zero-order chi connectivity index (χ0) is 59.8. The third kappa shape index (κ3) is 10.2. The first-order chi connectivity index (χ1) is 39.4. The minimum Gasteiger partial charge on any atom is -0.458 e. The molecule has 0 radical (unpaired) electrons. The van der Waals surface area contributed by atoms with Gasteiger partial charge in [0.05, 0.1) is 21.8 Å². The van der Waals surface area contributed by atoms with Crippen LogP contribution < -0.4 is 35.8 Å². The fourth-order valence-electron chi connectivity index (χ4n) is 12.5. The average Bonchev–Trinajstić information content (AvgIpc) is 1.01. The van der Waals surface area contributed by atoms with E-state index in [4.69, 9.17) is 4.74 Å². The molecule has 9 aromatic carbocycles. The molecule has 0 atom stereocenters. The van der Waals surface area contributed by atoms with Crippen LogP contribution in [0.1, 0.15) is 158 Å². The molecule has 2 aliphatic rings. The molecule has 0 saturated heterocycles. The molecule has 1 aromatic heterocycles. The van der Waals surface area contributed by atoms with E-state index >= 15 is 0 Å². The lowest BCUT2D eigenvalue weighted by molar-refractivity contribution is 0.486. The Morgan fingerprint density at radius 2 is 0.774 bits per heavy atom. The summed E-state index contributed by atoms with van der Waals surface area (Å²) in [7, 11) is 0. The van der Waals surface area contributed by atoms with Gasteiger partial charge in [-0.1, -0.05) is 216 Å². The summed E-state index contributed by atoms with van der Waals surface area (Å²) in [5.74, 6) is 1.78. The summed E-state index contributed by atoms with van der Waals surface area (Å²) in [4.78, 5) is 7.54. The molecule has 2 aliphatic heterocycles. The van der Waals surface area contributed by atoms with Crippen molar-refractivity contribution in [1.82, 2.24) is 0 Å². The van der Waals surface area contributed by atoms with Gasteiger partial charge in [-0.3, -0.25) is 0 Å². The summed E-state index contributed by atoms with van der Waals surface area (Å²) in [6.45, 7) is 41.4. The second-order valence-electron chi connectivity index (χ2n) is 30.0. The van der Waals surface area contributed by atoms with Crippen molar-refractivity contribution >= 4 is 106 Å². The van der Waals surface area contributed by atoms with Crippen molar-refractivity contribution in [1.29, 1.82) is 0 Å². The van der Waals surface area contributed by atoms with Crippen LogP contribution in [0, 0.1) is 0 Å². The highest BCUT2D eigenvalue weighted by Gasteiger charge is 2.44. The van der Waals surface area contributed by atoms with Crippen LogP contribution in [0.15, 0.2) is 182 Å². The van der Waals surface area contributed by atoms with Crippen molar-refractivity contribution in [3.05, 3.63) is 215 Å². The normalized spacial score (nSPS) is 13.6. The van der Waals surface area contributed by atoms with Crippen LogP contribution in [-0.4, -0.2) is 6.71 Å². The van der Waals surface area contributed by atoms with E-state index < -0.39 is 0 Å². The van der Waals surface area contributed by atoms with Crippen molar-refractivity contribution in [3.8, 4) is 11.5 Å². The van der Waals surface area contributed by atoms with E-state index in [1.54, 1.807) is 0 Å². The standard InChI is InChI=1S/C78H84BN3OS/c1-73(2,3)49-23-33-55(34-24-49)80(56-35-25-50(26-36-56)74(4,5)6)59-47-66-71-68(48-59)83-67-44-32-54(78(16,17)18)46-62(67)79(71)61-45-53(77(13,14)15)31-41-63(61)82(66)65-43-42-64(70-60-21-19-20-22-69(60)84-72(65)70)81(57-37-27-51(28-38-57)75(7,8)9)58-39-29-52(30-40-58)76(10,11)12/h19-48H,1-18H3. The maximum Gasteiger partial charge on any atom is 0.256 e. The van der Waals surface area contributed by atoms with E-state index in [0.717, 1.165) is 57.0 Å². The SMILES string of the molecule is CC(C)(C)c1ccc(N(c2ccc(C(C)(C)C)cc2)c2cc3c4c(c2)N(c2ccc(N(c5ccc(C(C)(C)C)cc5)c5ccc(C(C)(C)C)cc5)c5c2sc2ccccc25)c2ccc(C(C)(C)C)cc2B4c2cc(C(C)(C)C)ccc2O3)cc1. The molecule has 0 aliphatic carbocycles. The van der Waals surface area contributed by atoms with Crippen LogP contribution in [0.4, 0.5) is 51.2 Å². The van der Waals surface area contributed by atoms with Gasteiger partial charge >= 0.3 is 0 Å². The van der Waals surface area contributed by atoms with Gasteiger partial charge in [0.25, 0.3) is 6.71 Å². The highest BCUT2D eigenvalue weighted by atomic mass is 32.1. The fraction of sp³-hybridized carbons (Fsp3) is 0.308. The lowest BCUT2D eigenvalue weighted by Crippen LogP contribution is -2.60. The molecule has 0 fully saturated rings. The van der Waals surface area contributed by atoms with Gasteiger partial charge in [-0.2, -0.15) is 0 Å². The van der Waals surface area contributed by atoms with Gasteiger partial charge in [0, 0.05) is 55.7 Å². The largest absolute Gasteiger partial charge is 0.458 e. The number of hydrogen-bond acceptors (Lipinski definition) is 5. The number of hydrogen-bond donors (Lipinski definition) is 0. The predicted octanol–water partition coefficient (Wildman–Crippen LogP) is 21.2. The van der Waals surface area contributed by atoms with Gasteiger partial charge in [-0.25, -0.2) is 0 Å². The molecule has 4 nitrogen and oxygen atoms in total. The average molecular weight is 1120 g/mol. The molecule has 84 heavy (non-hydrogen) atoms. The summed E-state index contributed by atoms with van der Waals surface area (Å²) in [5, 5.41) is 2.46. The van der Waals surface area contributed by atoms with Crippen molar-refractivity contribution in [2.45, 2.75) is 157 Å². The maximum absolute atomic E-state index is 7.46. The topological polar surface area (TPSA) is 19.0 Å². The van der Waals surface area contributed by atoms with Crippen molar-refractivity contribution in [3.63, 3.8) is 0 Å². The van der Waals surface area contributed by atoms with Gasteiger partial charge < -0.3 is 19.4 Å². The van der Waals surface area contributed by atoms with Crippen LogP contribution in [0.2, 0.25) is 0 Å². The highest BCUT2D eigenvalue weighted by molar-refractivity contribution is 7.26. The third-order valence-corrected chi connectivity index (χ3v) is 18.9. The molecule has 0 N–H and O–H groups in total. The van der Waals surface area contributed by atoms with E-state index in [0.29, 0.717) is 0 Å². The zero-order valence-corrected chi connectivity index (χ0v) is 53.9. The predicted molar refractivity (Wildman–Crippen MR) is 367 cm³/mol. The Balaban J connectivity index is 1.17. The van der Waals surface area contributed by atoms with E-state index in [1.165, 1.54) is 75.6 Å². The first-order valence-electron chi connectivity index (χ1n) is 30.3. The minimum absolute atomic E-state index is 0.00414. The molecule has 0 bridgehead atoms.